The van der Waals surface area contributed by atoms with Crippen LogP contribution in [0.2, 0.25) is 0 Å². The zero-order valence-corrected chi connectivity index (χ0v) is 14.6. The van der Waals surface area contributed by atoms with E-state index in [1.165, 1.54) is 0 Å². The number of nitrogens with zero attached hydrogens (tertiary/aromatic N) is 3. The van der Waals surface area contributed by atoms with Crippen molar-refractivity contribution in [1.29, 1.82) is 5.26 Å². The number of benzene rings is 1. The Morgan fingerprint density at radius 2 is 2.00 bits per heavy atom. The van der Waals surface area contributed by atoms with Gasteiger partial charge in [-0.05, 0) is 49.1 Å². The van der Waals surface area contributed by atoms with Crippen molar-refractivity contribution in [3.8, 4) is 6.07 Å². The quantitative estimate of drug-likeness (QED) is 0.923. The number of carbonyl (C=O) groups excluding carboxylic acids is 2. The zero-order chi connectivity index (χ0) is 18.5. The molecular weight excluding hydrogens is 328 g/mol. The first-order valence-electron chi connectivity index (χ1n) is 8.64. The normalized spacial score (nSPS) is 16.6. The molecule has 1 atom stereocenters. The van der Waals surface area contributed by atoms with Crippen LogP contribution in [0.3, 0.4) is 0 Å². The smallest absolute Gasteiger partial charge is 0.274 e. The zero-order valence-electron chi connectivity index (χ0n) is 14.6. The number of hydrogen-bond acceptors (Lipinski definition) is 4. The molecule has 1 aliphatic rings. The number of piperidine rings is 1. The van der Waals surface area contributed by atoms with Gasteiger partial charge in [-0.3, -0.25) is 9.59 Å². The molecule has 6 heteroatoms. The van der Waals surface area contributed by atoms with Gasteiger partial charge in [-0.15, -0.1) is 0 Å². The molecule has 26 heavy (non-hydrogen) atoms. The van der Waals surface area contributed by atoms with E-state index in [0.717, 1.165) is 25.9 Å². The highest BCUT2D eigenvalue weighted by molar-refractivity contribution is 6.03. The highest BCUT2D eigenvalue weighted by Crippen LogP contribution is 2.18. The van der Waals surface area contributed by atoms with Crippen LogP contribution in [0, 0.1) is 17.2 Å². The van der Waals surface area contributed by atoms with Gasteiger partial charge in [0.1, 0.15) is 11.4 Å². The molecular formula is C20H20N4O2. The summed E-state index contributed by atoms with van der Waals surface area (Å²) in [5.74, 6) is -0.0778. The SMILES string of the molecule is CC1CCCN(C(=O)c2cccc(C(=O)Nc3cccc(C#N)c3)n2)C1. The second-order valence-electron chi connectivity index (χ2n) is 6.55. The minimum Gasteiger partial charge on any atom is -0.337 e. The maximum Gasteiger partial charge on any atom is 0.274 e. The molecule has 2 amide bonds. The van der Waals surface area contributed by atoms with E-state index in [1.807, 2.05) is 6.07 Å². The van der Waals surface area contributed by atoms with Gasteiger partial charge in [0.15, 0.2) is 0 Å². The summed E-state index contributed by atoms with van der Waals surface area (Å²) in [7, 11) is 0. The van der Waals surface area contributed by atoms with E-state index in [9.17, 15) is 9.59 Å². The summed E-state index contributed by atoms with van der Waals surface area (Å²) in [4.78, 5) is 31.1. The van der Waals surface area contributed by atoms with Crippen LogP contribution in [-0.4, -0.2) is 34.8 Å². The first-order valence-corrected chi connectivity index (χ1v) is 8.64. The van der Waals surface area contributed by atoms with E-state index in [2.05, 4.69) is 17.2 Å². The predicted octanol–water partition coefficient (Wildman–Crippen LogP) is 3.08. The summed E-state index contributed by atoms with van der Waals surface area (Å²) >= 11 is 0. The van der Waals surface area contributed by atoms with Crippen molar-refractivity contribution in [2.75, 3.05) is 18.4 Å². The first-order chi connectivity index (χ1) is 12.6. The lowest BCUT2D eigenvalue weighted by Gasteiger charge is -2.30. The number of hydrogen-bond donors (Lipinski definition) is 1. The monoisotopic (exact) mass is 348 g/mol. The van der Waals surface area contributed by atoms with Gasteiger partial charge in [0.25, 0.3) is 11.8 Å². The summed E-state index contributed by atoms with van der Waals surface area (Å²) in [6.07, 6.45) is 2.11. The molecule has 1 saturated heterocycles. The predicted molar refractivity (Wildman–Crippen MR) is 97.6 cm³/mol. The molecule has 132 valence electrons. The van der Waals surface area contributed by atoms with Gasteiger partial charge in [-0.1, -0.05) is 19.1 Å². The average Bonchev–Trinajstić information content (AvgIpc) is 2.67. The summed E-state index contributed by atoms with van der Waals surface area (Å²) in [5.41, 5.74) is 1.41. The highest BCUT2D eigenvalue weighted by atomic mass is 16.2. The topological polar surface area (TPSA) is 86.1 Å². The van der Waals surface area contributed by atoms with Gasteiger partial charge < -0.3 is 10.2 Å². The van der Waals surface area contributed by atoms with Crippen LogP contribution in [0.15, 0.2) is 42.5 Å². The Morgan fingerprint density at radius 1 is 1.23 bits per heavy atom. The third-order valence-electron chi connectivity index (χ3n) is 4.39. The number of rotatable bonds is 3. The van der Waals surface area contributed by atoms with Crippen LogP contribution in [0.5, 0.6) is 0 Å². The minimum absolute atomic E-state index is 0.141. The van der Waals surface area contributed by atoms with Crippen LogP contribution < -0.4 is 5.32 Å². The van der Waals surface area contributed by atoms with E-state index in [0.29, 0.717) is 17.2 Å². The van der Waals surface area contributed by atoms with E-state index >= 15 is 0 Å². The van der Waals surface area contributed by atoms with Crippen molar-refractivity contribution in [2.45, 2.75) is 19.8 Å². The molecule has 1 fully saturated rings. The van der Waals surface area contributed by atoms with Crippen LogP contribution >= 0.6 is 0 Å². The van der Waals surface area contributed by atoms with Gasteiger partial charge in [-0.2, -0.15) is 5.26 Å². The van der Waals surface area contributed by atoms with E-state index in [1.54, 1.807) is 47.4 Å². The molecule has 6 nitrogen and oxygen atoms in total. The van der Waals surface area contributed by atoms with Crippen LogP contribution in [0.1, 0.15) is 46.3 Å². The van der Waals surface area contributed by atoms with Gasteiger partial charge in [-0.25, -0.2) is 4.98 Å². The first kappa shape index (κ1) is 17.6. The van der Waals surface area contributed by atoms with Crippen molar-refractivity contribution in [2.24, 2.45) is 5.92 Å². The Labute approximate surface area is 152 Å². The molecule has 1 N–H and O–H groups in total. The lowest BCUT2D eigenvalue weighted by molar-refractivity contribution is 0.0677. The number of likely N-dealkylation sites (tertiary alicyclic amines) is 1. The summed E-state index contributed by atoms with van der Waals surface area (Å²) < 4.78 is 0. The molecule has 0 saturated carbocycles. The molecule has 1 aliphatic heterocycles. The fourth-order valence-corrected chi connectivity index (χ4v) is 3.08. The Kier molecular flexibility index (Phi) is 5.28. The van der Waals surface area contributed by atoms with Gasteiger partial charge in [0.05, 0.1) is 11.6 Å². The molecule has 1 unspecified atom stereocenters. The van der Waals surface area contributed by atoms with Crippen molar-refractivity contribution >= 4 is 17.5 Å². The second-order valence-corrected chi connectivity index (χ2v) is 6.55. The highest BCUT2D eigenvalue weighted by Gasteiger charge is 2.23. The lowest BCUT2D eigenvalue weighted by Crippen LogP contribution is -2.39. The van der Waals surface area contributed by atoms with Crippen molar-refractivity contribution in [3.63, 3.8) is 0 Å². The van der Waals surface area contributed by atoms with Crippen LogP contribution in [-0.2, 0) is 0 Å². The van der Waals surface area contributed by atoms with E-state index < -0.39 is 5.91 Å². The second kappa shape index (κ2) is 7.79. The van der Waals surface area contributed by atoms with Gasteiger partial charge in [0, 0.05) is 18.8 Å². The summed E-state index contributed by atoms with van der Waals surface area (Å²) in [5, 5.41) is 11.6. The van der Waals surface area contributed by atoms with Gasteiger partial charge in [0.2, 0.25) is 0 Å². The molecule has 0 radical (unpaired) electrons. The molecule has 2 heterocycles. The standard InChI is InChI=1S/C20H20N4O2/c1-14-5-4-10-24(13-14)20(26)18-9-3-8-17(23-18)19(25)22-16-7-2-6-15(11-16)12-21/h2-3,6-9,11,14H,4-5,10,13H2,1H3,(H,22,25). The summed E-state index contributed by atoms with van der Waals surface area (Å²) in [6.45, 7) is 3.58. The van der Waals surface area contributed by atoms with Crippen molar-refractivity contribution < 1.29 is 9.59 Å². The average molecular weight is 348 g/mol. The van der Waals surface area contributed by atoms with Crippen LogP contribution in [0.25, 0.3) is 0 Å². The molecule has 0 aliphatic carbocycles. The van der Waals surface area contributed by atoms with Crippen molar-refractivity contribution in [3.05, 3.63) is 59.4 Å². The maximum atomic E-state index is 12.7. The molecule has 0 bridgehead atoms. The number of carbonyl (C=O) groups is 2. The van der Waals surface area contributed by atoms with E-state index in [-0.39, 0.29) is 17.3 Å². The third kappa shape index (κ3) is 4.06. The summed E-state index contributed by atoms with van der Waals surface area (Å²) in [6, 6.07) is 13.5. The third-order valence-corrected chi connectivity index (χ3v) is 4.39. The Balaban J connectivity index is 1.75. The number of nitrogens with one attached hydrogen (secondary N) is 1. The Bertz CT molecular complexity index is 872. The number of pyridine rings is 1. The Morgan fingerprint density at radius 3 is 2.77 bits per heavy atom. The number of aromatic nitrogens is 1. The minimum atomic E-state index is -0.415. The molecule has 1 aromatic carbocycles. The molecule has 3 rings (SSSR count). The molecule has 0 spiro atoms. The van der Waals surface area contributed by atoms with Gasteiger partial charge >= 0.3 is 0 Å². The fourth-order valence-electron chi connectivity index (χ4n) is 3.08. The van der Waals surface area contributed by atoms with Crippen molar-refractivity contribution in [1.82, 2.24) is 9.88 Å². The molecule has 1 aromatic heterocycles. The molecule has 2 aromatic rings. The number of anilines is 1. The van der Waals surface area contributed by atoms with Crippen LogP contribution in [0.4, 0.5) is 5.69 Å². The van der Waals surface area contributed by atoms with E-state index in [4.69, 9.17) is 5.26 Å². The fraction of sp³-hybridized carbons (Fsp3) is 0.300. The lowest BCUT2D eigenvalue weighted by atomic mass is 10.00. The largest absolute Gasteiger partial charge is 0.337 e. The number of amides is 2. The Hall–Kier alpha value is -3.20. The number of nitriles is 1. The maximum absolute atomic E-state index is 12.7.